The van der Waals surface area contributed by atoms with E-state index in [1.807, 2.05) is 31.3 Å². The summed E-state index contributed by atoms with van der Waals surface area (Å²) in [5.41, 5.74) is 8.68. The fraction of sp³-hybridized carbons (Fsp3) is 0.154. The van der Waals surface area contributed by atoms with E-state index in [4.69, 9.17) is 5.73 Å². The summed E-state index contributed by atoms with van der Waals surface area (Å²) in [5.74, 6) is 0.666. The number of anilines is 2. The van der Waals surface area contributed by atoms with E-state index in [9.17, 15) is 0 Å². The number of benzene rings is 1. The molecule has 0 amide bonds. The molecule has 6 nitrogen and oxygen atoms in total. The quantitative estimate of drug-likeness (QED) is 0.741. The van der Waals surface area contributed by atoms with E-state index in [0.717, 1.165) is 22.2 Å². The Morgan fingerprint density at radius 1 is 1.26 bits per heavy atom. The van der Waals surface area contributed by atoms with E-state index in [-0.39, 0.29) is 0 Å². The number of nitrogens with zero attached hydrogens (tertiary/aromatic N) is 4. The Bertz CT molecular complexity index is 713. The molecule has 0 aliphatic carbocycles. The van der Waals surface area contributed by atoms with Gasteiger partial charge in [-0.2, -0.15) is 15.3 Å². The minimum atomic E-state index is 0.607. The van der Waals surface area contributed by atoms with Crippen molar-refractivity contribution < 1.29 is 0 Å². The maximum absolute atomic E-state index is 5.91. The molecular formula is C13H14N6. The van der Waals surface area contributed by atoms with Crippen LogP contribution in [-0.2, 0) is 13.6 Å². The van der Waals surface area contributed by atoms with Crippen molar-refractivity contribution in [2.24, 2.45) is 7.05 Å². The maximum Gasteiger partial charge on any atom is 0.126 e. The topological polar surface area (TPSA) is 81.7 Å². The summed E-state index contributed by atoms with van der Waals surface area (Å²) >= 11 is 0. The number of nitrogen functional groups attached to an aromatic ring is 1. The lowest BCUT2D eigenvalue weighted by Gasteiger charge is -2.08. The first-order valence-electron chi connectivity index (χ1n) is 5.96. The van der Waals surface area contributed by atoms with Crippen molar-refractivity contribution in [1.82, 2.24) is 20.0 Å². The lowest BCUT2D eigenvalue weighted by Crippen LogP contribution is -2.04. The standard InChI is InChI=1S/C13H14N6/c1-19-13(14)9(7-17-19)6-15-12-8-16-18-11-5-3-2-4-10(11)12/h2-5,7-8H,6,14H2,1H3,(H,15,18). The molecule has 0 fully saturated rings. The second-order valence-corrected chi connectivity index (χ2v) is 4.31. The van der Waals surface area contributed by atoms with E-state index in [1.165, 1.54) is 0 Å². The van der Waals surface area contributed by atoms with Gasteiger partial charge in [0.2, 0.25) is 0 Å². The fourth-order valence-electron chi connectivity index (χ4n) is 1.97. The first-order valence-corrected chi connectivity index (χ1v) is 5.96. The number of aryl methyl sites for hydroxylation is 1. The number of nitrogens with two attached hydrogens (primary N) is 1. The predicted molar refractivity (Wildman–Crippen MR) is 74.5 cm³/mol. The Morgan fingerprint density at radius 2 is 2.11 bits per heavy atom. The van der Waals surface area contributed by atoms with Gasteiger partial charge in [0.15, 0.2) is 0 Å². The summed E-state index contributed by atoms with van der Waals surface area (Å²) in [6, 6.07) is 7.87. The highest BCUT2D eigenvalue weighted by Gasteiger charge is 2.06. The number of hydrogen-bond acceptors (Lipinski definition) is 5. The van der Waals surface area contributed by atoms with E-state index < -0.39 is 0 Å². The largest absolute Gasteiger partial charge is 0.384 e. The van der Waals surface area contributed by atoms with Crippen molar-refractivity contribution >= 4 is 22.4 Å². The van der Waals surface area contributed by atoms with E-state index in [0.29, 0.717) is 12.4 Å². The molecule has 0 unspecified atom stereocenters. The van der Waals surface area contributed by atoms with Crippen LogP contribution in [0, 0.1) is 0 Å². The highest BCUT2D eigenvalue weighted by Crippen LogP contribution is 2.21. The molecular weight excluding hydrogens is 240 g/mol. The van der Waals surface area contributed by atoms with Gasteiger partial charge in [-0.15, -0.1) is 0 Å². The molecule has 0 atom stereocenters. The van der Waals surface area contributed by atoms with Crippen LogP contribution in [0.3, 0.4) is 0 Å². The van der Waals surface area contributed by atoms with Crippen LogP contribution in [0.5, 0.6) is 0 Å². The normalized spacial score (nSPS) is 10.8. The zero-order valence-corrected chi connectivity index (χ0v) is 10.5. The fourth-order valence-corrected chi connectivity index (χ4v) is 1.97. The number of nitrogens with one attached hydrogen (secondary N) is 1. The van der Waals surface area contributed by atoms with Gasteiger partial charge in [-0.05, 0) is 6.07 Å². The molecule has 0 aliphatic heterocycles. The molecule has 0 saturated carbocycles. The first kappa shape index (κ1) is 11.5. The van der Waals surface area contributed by atoms with Crippen LogP contribution in [-0.4, -0.2) is 20.0 Å². The molecule has 3 rings (SSSR count). The highest BCUT2D eigenvalue weighted by molar-refractivity contribution is 5.90. The van der Waals surface area contributed by atoms with E-state index in [2.05, 4.69) is 20.6 Å². The number of fused-ring (bicyclic) bond motifs is 1. The molecule has 3 aromatic rings. The lowest BCUT2D eigenvalue weighted by molar-refractivity contribution is 0.778. The van der Waals surface area contributed by atoms with Crippen LogP contribution < -0.4 is 11.1 Å². The molecule has 0 saturated heterocycles. The van der Waals surface area contributed by atoms with Gasteiger partial charge in [0.1, 0.15) is 5.82 Å². The van der Waals surface area contributed by atoms with Gasteiger partial charge in [-0.25, -0.2) is 0 Å². The highest BCUT2D eigenvalue weighted by atomic mass is 15.3. The number of aromatic nitrogens is 4. The second-order valence-electron chi connectivity index (χ2n) is 4.31. The Morgan fingerprint density at radius 3 is 2.89 bits per heavy atom. The maximum atomic E-state index is 5.91. The summed E-state index contributed by atoms with van der Waals surface area (Å²) in [6.07, 6.45) is 3.48. The third-order valence-corrected chi connectivity index (χ3v) is 3.08. The van der Waals surface area contributed by atoms with Crippen molar-refractivity contribution in [3.8, 4) is 0 Å². The molecule has 19 heavy (non-hydrogen) atoms. The molecule has 0 radical (unpaired) electrons. The summed E-state index contributed by atoms with van der Waals surface area (Å²) in [6.45, 7) is 0.607. The summed E-state index contributed by atoms with van der Waals surface area (Å²) < 4.78 is 1.65. The molecule has 0 spiro atoms. The molecule has 0 bridgehead atoms. The lowest BCUT2D eigenvalue weighted by atomic mass is 10.2. The van der Waals surface area contributed by atoms with Crippen molar-refractivity contribution in [2.75, 3.05) is 11.1 Å². The average Bonchev–Trinajstić information content (AvgIpc) is 2.76. The molecule has 0 aliphatic rings. The number of rotatable bonds is 3. The zero-order valence-electron chi connectivity index (χ0n) is 10.5. The van der Waals surface area contributed by atoms with Crippen LogP contribution in [0.1, 0.15) is 5.56 Å². The predicted octanol–water partition coefficient (Wildman–Crippen LogP) is 1.56. The second kappa shape index (κ2) is 4.56. The third kappa shape index (κ3) is 2.08. The van der Waals surface area contributed by atoms with Gasteiger partial charge in [-0.1, -0.05) is 18.2 Å². The monoisotopic (exact) mass is 254 g/mol. The van der Waals surface area contributed by atoms with Gasteiger partial charge in [-0.3, -0.25) is 4.68 Å². The van der Waals surface area contributed by atoms with Crippen molar-refractivity contribution in [3.05, 3.63) is 42.2 Å². The SMILES string of the molecule is Cn1ncc(CNc2cnnc3ccccc23)c1N. The smallest absolute Gasteiger partial charge is 0.126 e. The zero-order chi connectivity index (χ0) is 13.2. The Balaban J connectivity index is 1.88. The van der Waals surface area contributed by atoms with Crippen LogP contribution >= 0.6 is 0 Å². The van der Waals surface area contributed by atoms with Crippen LogP contribution in [0.2, 0.25) is 0 Å². The Hall–Kier alpha value is -2.63. The molecule has 2 heterocycles. The molecule has 2 aromatic heterocycles. The molecule has 3 N–H and O–H groups in total. The minimum Gasteiger partial charge on any atom is -0.384 e. The number of hydrogen-bond donors (Lipinski definition) is 2. The van der Waals surface area contributed by atoms with Crippen molar-refractivity contribution in [1.29, 1.82) is 0 Å². The van der Waals surface area contributed by atoms with Gasteiger partial charge in [0, 0.05) is 24.5 Å². The van der Waals surface area contributed by atoms with Gasteiger partial charge in [0.05, 0.1) is 23.6 Å². The van der Waals surface area contributed by atoms with Gasteiger partial charge >= 0.3 is 0 Å². The average molecular weight is 254 g/mol. The minimum absolute atomic E-state index is 0.607. The molecule has 6 heteroatoms. The van der Waals surface area contributed by atoms with Crippen LogP contribution in [0.15, 0.2) is 36.7 Å². The summed E-state index contributed by atoms with van der Waals surface area (Å²) in [4.78, 5) is 0. The van der Waals surface area contributed by atoms with Crippen molar-refractivity contribution in [2.45, 2.75) is 6.54 Å². The van der Waals surface area contributed by atoms with E-state index in [1.54, 1.807) is 17.1 Å². The van der Waals surface area contributed by atoms with Gasteiger partial charge < -0.3 is 11.1 Å². The molecule has 1 aromatic carbocycles. The Kier molecular flexibility index (Phi) is 2.75. The van der Waals surface area contributed by atoms with Crippen LogP contribution in [0.4, 0.5) is 11.5 Å². The van der Waals surface area contributed by atoms with Gasteiger partial charge in [0.25, 0.3) is 0 Å². The van der Waals surface area contributed by atoms with Crippen LogP contribution in [0.25, 0.3) is 10.9 Å². The van der Waals surface area contributed by atoms with E-state index >= 15 is 0 Å². The Labute approximate surface area is 110 Å². The van der Waals surface area contributed by atoms with Crippen molar-refractivity contribution in [3.63, 3.8) is 0 Å². The first-order chi connectivity index (χ1) is 9.25. The summed E-state index contributed by atoms with van der Waals surface area (Å²) in [7, 11) is 1.82. The third-order valence-electron chi connectivity index (χ3n) is 3.08. The molecule has 96 valence electrons. The summed E-state index contributed by atoms with van der Waals surface area (Å²) in [5, 5.41) is 16.6.